The van der Waals surface area contributed by atoms with Crippen LogP contribution in [0, 0.1) is 0 Å². The average molecular weight is 327 g/mol. The molecule has 5 heteroatoms. The van der Waals surface area contributed by atoms with Crippen molar-refractivity contribution < 1.29 is 9.53 Å². The first kappa shape index (κ1) is 16.7. The number of hydrogen-bond donors (Lipinski definition) is 1. The van der Waals surface area contributed by atoms with Gasteiger partial charge in [0.15, 0.2) is 0 Å². The summed E-state index contributed by atoms with van der Waals surface area (Å²) in [4.78, 5) is 15.0. The molecule has 1 N–H and O–H groups in total. The summed E-state index contributed by atoms with van der Waals surface area (Å²) >= 11 is 0. The third-order valence-corrected chi connectivity index (χ3v) is 4.39. The molecule has 3 rings (SSSR count). The maximum absolute atomic E-state index is 12.7. The molecule has 0 unspecified atom stereocenters. The Bertz CT molecular complexity index is 607. The topological polar surface area (TPSA) is 46.5 Å². The van der Waals surface area contributed by atoms with Gasteiger partial charge in [-0.2, -0.15) is 0 Å². The highest BCUT2D eigenvalue weighted by Gasteiger charge is 2.20. The molecule has 1 atom stereocenters. The maximum atomic E-state index is 12.7. The number of aromatic nitrogens is 1. The number of ether oxygens (including phenoxy) is 1. The molecule has 1 fully saturated rings. The fourth-order valence-corrected chi connectivity index (χ4v) is 3.01. The van der Waals surface area contributed by atoms with Crippen molar-refractivity contribution in [3.63, 3.8) is 0 Å². The second kappa shape index (κ2) is 8.66. The number of morpholine rings is 1. The number of nitrogens with zero attached hydrogens (tertiary/aromatic N) is 2. The second-order valence-corrected chi connectivity index (χ2v) is 6.08. The van der Waals surface area contributed by atoms with Gasteiger partial charge >= 0.3 is 0 Å². The summed E-state index contributed by atoms with van der Waals surface area (Å²) < 4.78 is 7.33. The first-order valence-electron chi connectivity index (χ1n) is 8.57. The molecule has 1 aromatic carbocycles. The monoisotopic (exact) mass is 327 g/mol. The van der Waals surface area contributed by atoms with Gasteiger partial charge in [0.25, 0.3) is 0 Å². The Morgan fingerprint density at radius 2 is 1.79 bits per heavy atom. The van der Waals surface area contributed by atoms with Gasteiger partial charge in [0.2, 0.25) is 5.91 Å². The Morgan fingerprint density at radius 3 is 2.50 bits per heavy atom. The van der Waals surface area contributed by atoms with Crippen molar-refractivity contribution in [1.82, 2.24) is 14.8 Å². The summed E-state index contributed by atoms with van der Waals surface area (Å²) in [5.41, 5.74) is 1.17. The standard InChI is InChI=1S/C19H25N3O2/c23-19(20-8-11-21-12-14-24-15-13-21)18(22-9-4-5-10-22)16-17-6-2-1-3-7-17/h1-7,9-10,18H,8,11-16H2,(H,20,23)/t18-/m1/s1. The Balaban J connectivity index is 1.57. The minimum atomic E-state index is -0.216. The predicted octanol–water partition coefficient (Wildman–Crippen LogP) is 1.72. The summed E-state index contributed by atoms with van der Waals surface area (Å²) in [5.74, 6) is 0.0725. The molecule has 0 aliphatic carbocycles. The molecule has 0 saturated carbocycles. The third kappa shape index (κ3) is 4.69. The zero-order chi connectivity index (χ0) is 16.6. The van der Waals surface area contributed by atoms with E-state index in [9.17, 15) is 4.79 Å². The number of rotatable bonds is 7. The zero-order valence-electron chi connectivity index (χ0n) is 13.9. The van der Waals surface area contributed by atoms with Crippen molar-refractivity contribution in [3.8, 4) is 0 Å². The summed E-state index contributed by atoms with van der Waals surface area (Å²) in [5, 5.41) is 3.10. The minimum absolute atomic E-state index is 0.0725. The molecule has 128 valence electrons. The minimum Gasteiger partial charge on any atom is -0.379 e. The van der Waals surface area contributed by atoms with Crippen LogP contribution in [0.5, 0.6) is 0 Å². The van der Waals surface area contributed by atoms with Crippen LogP contribution in [0.3, 0.4) is 0 Å². The summed E-state index contributed by atoms with van der Waals surface area (Å²) in [6.45, 7) is 5.01. The second-order valence-electron chi connectivity index (χ2n) is 6.08. The van der Waals surface area contributed by atoms with Gasteiger partial charge in [0.05, 0.1) is 13.2 Å². The van der Waals surface area contributed by atoms with Crippen LogP contribution in [-0.4, -0.2) is 54.8 Å². The van der Waals surface area contributed by atoms with Crippen molar-refractivity contribution in [2.45, 2.75) is 12.5 Å². The Morgan fingerprint density at radius 1 is 1.08 bits per heavy atom. The van der Waals surface area contributed by atoms with Crippen molar-refractivity contribution in [1.29, 1.82) is 0 Å². The van der Waals surface area contributed by atoms with E-state index in [-0.39, 0.29) is 11.9 Å². The van der Waals surface area contributed by atoms with E-state index < -0.39 is 0 Å². The van der Waals surface area contributed by atoms with Gasteiger partial charge in [-0.25, -0.2) is 0 Å². The number of nitrogens with one attached hydrogen (secondary N) is 1. The van der Waals surface area contributed by atoms with Crippen molar-refractivity contribution in [3.05, 3.63) is 60.4 Å². The summed E-state index contributed by atoms with van der Waals surface area (Å²) in [6.07, 6.45) is 4.60. The SMILES string of the molecule is O=C(NCCN1CCOCC1)[C@@H](Cc1ccccc1)n1cccc1. The van der Waals surface area contributed by atoms with Crippen LogP contribution in [-0.2, 0) is 16.0 Å². The highest BCUT2D eigenvalue weighted by atomic mass is 16.5. The first-order valence-corrected chi connectivity index (χ1v) is 8.57. The molecule has 1 saturated heterocycles. The fourth-order valence-electron chi connectivity index (χ4n) is 3.01. The molecule has 1 aliphatic rings. The number of hydrogen-bond acceptors (Lipinski definition) is 3. The van der Waals surface area contributed by atoms with E-state index in [1.165, 1.54) is 5.56 Å². The molecule has 0 bridgehead atoms. The van der Waals surface area contributed by atoms with E-state index in [1.54, 1.807) is 0 Å². The van der Waals surface area contributed by atoms with E-state index in [2.05, 4.69) is 22.3 Å². The Labute approximate surface area is 143 Å². The molecular formula is C19H25N3O2. The number of amides is 1. The van der Waals surface area contributed by atoms with Crippen LogP contribution in [0.1, 0.15) is 11.6 Å². The van der Waals surface area contributed by atoms with E-state index >= 15 is 0 Å². The highest BCUT2D eigenvalue weighted by molar-refractivity contribution is 5.80. The van der Waals surface area contributed by atoms with Gasteiger partial charge in [-0.3, -0.25) is 9.69 Å². The maximum Gasteiger partial charge on any atom is 0.243 e. The van der Waals surface area contributed by atoms with Crippen LogP contribution in [0.25, 0.3) is 0 Å². The van der Waals surface area contributed by atoms with Gasteiger partial charge in [-0.05, 0) is 17.7 Å². The number of benzene rings is 1. The molecule has 0 radical (unpaired) electrons. The van der Waals surface area contributed by atoms with Gasteiger partial charge in [0.1, 0.15) is 6.04 Å². The lowest BCUT2D eigenvalue weighted by Crippen LogP contribution is -2.42. The van der Waals surface area contributed by atoms with Crippen molar-refractivity contribution >= 4 is 5.91 Å². The lowest BCUT2D eigenvalue weighted by atomic mass is 10.1. The molecule has 5 nitrogen and oxygen atoms in total. The molecule has 2 heterocycles. The van der Waals surface area contributed by atoms with E-state index in [4.69, 9.17) is 4.74 Å². The zero-order valence-corrected chi connectivity index (χ0v) is 13.9. The molecule has 1 aromatic heterocycles. The van der Waals surface area contributed by atoms with Crippen molar-refractivity contribution in [2.75, 3.05) is 39.4 Å². The molecule has 0 spiro atoms. The number of carbonyl (C=O) groups excluding carboxylic acids is 1. The van der Waals surface area contributed by atoms with Crippen LogP contribution >= 0.6 is 0 Å². The largest absolute Gasteiger partial charge is 0.379 e. The van der Waals surface area contributed by atoms with Crippen LogP contribution in [0.2, 0.25) is 0 Å². The fraction of sp³-hybridized carbons (Fsp3) is 0.421. The van der Waals surface area contributed by atoms with Crippen molar-refractivity contribution in [2.24, 2.45) is 0 Å². The molecular weight excluding hydrogens is 302 g/mol. The predicted molar refractivity (Wildman–Crippen MR) is 93.9 cm³/mol. The van der Waals surface area contributed by atoms with Gasteiger partial charge in [0, 0.05) is 45.0 Å². The molecule has 1 aliphatic heterocycles. The van der Waals surface area contributed by atoms with Crippen LogP contribution in [0.4, 0.5) is 0 Å². The first-order chi connectivity index (χ1) is 11.8. The van der Waals surface area contributed by atoms with Gasteiger partial charge < -0.3 is 14.6 Å². The average Bonchev–Trinajstić information content (AvgIpc) is 3.16. The van der Waals surface area contributed by atoms with Gasteiger partial charge in [-0.15, -0.1) is 0 Å². The summed E-state index contributed by atoms with van der Waals surface area (Å²) in [6, 6.07) is 13.9. The normalized spacial score (nSPS) is 16.7. The highest BCUT2D eigenvalue weighted by Crippen LogP contribution is 2.15. The summed E-state index contributed by atoms with van der Waals surface area (Å²) in [7, 11) is 0. The van der Waals surface area contributed by atoms with E-state index in [0.29, 0.717) is 13.0 Å². The van der Waals surface area contributed by atoms with Crippen LogP contribution in [0.15, 0.2) is 54.9 Å². The third-order valence-electron chi connectivity index (χ3n) is 4.39. The quantitative estimate of drug-likeness (QED) is 0.842. The molecule has 24 heavy (non-hydrogen) atoms. The molecule has 1 amide bonds. The van der Waals surface area contributed by atoms with Gasteiger partial charge in [-0.1, -0.05) is 30.3 Å². The van der Waals surface area contributed by atoms with E-state index in [1.807, 2.05) is 47.3 Å². The molecule has 2 aromatic rings. The van der Waals surface area contributed by atoms with Crippen LogP contribution < -0.4 is 5.32 Å². The lowest BCUT2D eigenvalue weighted by Gasteiger charge is -2.27. The number of carbonyl (C=O) groups is 1. The Hall–Kier alpha value is -2.11. The smallest absolute Gasteiger partial charge is 0.243 e. The van der Waals surface area contributed by atoms with E-state index in [0.717, 1.165) is 32.8 Å². The lowest BCUT2D eigenvalue weighted by molar-refractivity contribution is -0.124. The Kier molecular flexibility index (Phi) is 6.04.